The van der Waals surface area contributed by atoms with Crippen LogP contribution in [0.5, 0.6) is 0 Å². The van der Waals surface area contributed by atoms with Crippen LogP contribution in [0.1, 0.15) is 18.4 Å². The number of amides is 1. The predicted molar refractivity (Wildman–Crippen MR) is 62.9 cm³/mol. The van der Waals surface area contributed by atoms with Crippen LogP contribution in [-0.2, 0) is 10.3 Å². The van der Waals surface area contributed by atoms with Crippen LogP contribution in [0, 0.1) is 0 Å². The van der Waals surface area contributed by atoms with Gasteiger partial charge in [0.1, 0.15) is 11.4 Å². The molecule has 0 saturated carbocycles. The molecule has 5 heteroatoms. The Kier molecular flexibility index (Phi) is 2.29. The zero-order valence-electron chi connectivity index (χ0n) is 9.77. The average molecular weight is 233 g/mol. The van der Waals surface area contributed by atoms with Crippen molar-refractivity contribution in [3.63, 3.8) is 0 Å². The summed E-state index contributed by atoms with van der Waals surface area (Å²) < 4.78 is 5.66. The molecule has 0 bridgehead atoms. The number of ether oxygens (including phenoxy) is 1. The topological polar surface area (TPSA) is 54.5 Å². The highest BCUT2D eigenvalue weighted by atomic mass is 16.6. The lowest BCUT2D eigenvalue weighted by Gasteiger charge is -2.43. The maximum Gasteiger partial charge on any atom is 0.416 e. The number of piperidine rings is 1. The van der Waals surface area contributed by atoms with E-state index in [1.165, 1.54) is 4.90 Å². The van der Waals surface area contributed by atoms with Crippen LogP contribution in [0.25, 0.3) is 0 Å². The molecule has 1 aromatic rings. The summed E-state index contributed by atoms with van der Waals surface area (Å²) >= 11 is 0. The van der Waals surface area contributed by atoms with Gasteiger partial charge >= 0.3 is 6.09 Å². The van der Waals surface area contributed by atoms with Crippen molar-refractivity contribution >= 4 is 11.9 Å². The number of anilines is 1. The van der Waals surface area contributed by atoms with Gasteiger partial charge in [-0.3, -0.25) is 4.90 Å². The minimum absolute atomic E-state index is 0.307. The molecule has 1 fully saturated rings. The van der Waals surface area contributed by atoms with E-state index >= 15 is 0 Å². The van der Waals surface area contributed by atoms with Crippen molar-refractivity contribution in [3.05, 3.63) is 23.9 Å². The van der Waals surface area contributed by atoms with Gasteiger partial charge in [0.2, 0.25) is 0 Å². The normalized spacial score (nSPS) is 22.2. The molecule has 2 aliphatic heterocycles. The third-order valence-electron chi connectivity index (χ3n) is 3.56. The smallest absolute Gasteiger partial charge is 0.416 e. The van der Waals surface area contributed by atoms with E-state index < -0.39 is 5.60 Å². The van der Waals surface area contributed by atoms with E-state index in [-0.39, 0.29) is 6.09 Å². The Labute approximate surface area is 99.8 Å². The first kappa shape index (κ1) is 10.5. The maximum absolute atomic E-state index is 11.9. The fourth-order valence-corrected chi connectivity index (χ4v) is 2.60. The van der Waals surface area contributed by atoms with E-state index in [1.54, 1.807) is 13.2 Å². The second-order valence-electron chi connectivity index (χ2n) is 4.55. The van der Waals surface area contributed by atoms with E-state index in [9.17, 15) is 4.79 Å². The number of hydrogen-bond donors (Lipinski definition) is 1. The summed E-state index contributed by atoms with van der Waals surface area (Å²) in [5.74, 6) is 0.727. The quantitative estimate of drug-likeness (QED) is 0.732. The second-order valence-corrected chi connectivity index (χ2v) is 4.55. The summed E-state index contributed by atoms with van der Waals surface area (Å²) in [5.41, 5.74) is 0.557. The number of pyridine rings is 1. The predicted octanol–water partition coefficient (Wildman–Crippen LogP) is 1.25. The zero-order chi connectivity index (χ0) is 11.9. The van der Waals surface area contributed by atoms with Gasteiger partial charge < -0.3 is 10.1 Å². The van der Waals surface area contributed by atoms with Crippen LogP contribution >= 0.6 is 0 Å². The van der Waals surface area contributed by atoms with Gasteiger partial charge in [-0.15, -0.1) is 0 Å². The Morgan fingerprint density at radius 3 is 3.00 bits per heavy atom. The van der Waals surface area contributed by atoms with Crippen molar-refractivity contribution in [2.24, 2.45) is 0 Å². The Morgan fingerprint density at radius 1 is 1.47 bits per heavy atom. The highest BCUT2D eigenvalue weighted by Crippen LogP contribution is 2.42. The first-order valence-corrected chi connectivity index (χ1v) is 5.86. The summed E-state index contributed by atoms with van der Waals surface area (Å²) in [6.07, 6.45) is 3.03. The number of rotatable bonds is 0. The molecule has 1 spiro atoms. The standard InChI is InChI=1S/C12H15N3O2/c1-15-10-9(3-2-6-14-10)12(17-11(15)16)4-7-13-8-5-12/h2-3,6,13H,4-5,7-8H2,1H3. The average Bonchev–Trinajstić information content (AvgIpc) is 2.38. The summed E-state index contributed by atoms with van der Waals surface area (Å²) in [4.78, 5) is 17.7. The van der Waals surface area contributed by atoms with Crippen LogP contribution < -0.4 is 10.2 Å². The Morgan fingerprint density at radius 2 is 2.24 bits per heavy atom. The van der Waals surface area contributed by atoms with Gasteiger partial charge in [-0.25, -0.2) is 9.78 Å². The first-order valence-electron chi connectivity index (χ1n) is 5.86. The number of hydrogen-bond acceptors (Lipinski definition) is 4. The molecule has 5 nitrogen and oxygen atoms in total. The van der Waals surface area contributed by atoms with Gasteiger partial charge in [0.05, 0.1) is 0 Å². The molecule has 1 saturated heterocycles. The molecule has 1 N–H and O–H groups in total. The molecule has 0 aliphatic carbocycles. The van der Waals surface area contributed by atoms with Crippen molar-refractivity contribution in [3.8, 4) is 0 Å². The third-order valence-corrected chi connectivity index (χ3v) is 3.56. The van der Waals surface area contributed by atoms with Crippen molar-refractivity contribution < 1.29 is 9.53 Å². The molecule has 17 heavy (non-hydrogen) atoms. The van der Waals surface area contributed by atoms with Crippen molar-refractivity contribution in [1.29, 1.82) is 0 Å². The highest BCUT2D eigenvalue weighted by molar-refractivity contribution is 5.89. The number of carbonyl (C=O) groups is 1. The summed E-state index contributed by atoms with van der Waals surface area (Å²) in [7, 11) is 1.70. The number of aromatic nitrogens is 1. The minimum atomic E-state index is -0.474. The van der Waals surface area contributed by atoms with E-state index in [0.29, 0.717) is 0 Å². The SMILES string of the molecule is CN1C(=O)OC2(CCNCC2)c2cccnc21. The van der Waals surface area contributed by atoms with Crippen molar-refractivity contribution in [1.82, 2.24) is 10.3 Å². The van der Waals surface area contributed by atoms with Gasteiger partial charge in [-0.05, 0) is 25.2 Å². The molecular formula is C12H15N3O2. The number of fused-ring (bicyclic) bond motifs is 2. The lowest BCUT2D eigenvalue weighted by Crippen LogP contribution is -2.49. The monoisotopic (exact) mass is 233 g/mol. The summed E-state index contributed by atoms with van der Waals surface area (Å²) in [5, 5.41) is 3.29. The zero-order valence-corrected chi connectivity index (χ0v) is 9.77. The molecule has 3 rings (SSSR count). The van der Waals surface area contributed by atoms with Crippen LogP contribution in [0.15, 0.2) is 18.3 Å². The fourth-order valence-electron chi connectivity index (χ4n) is 2.60. The van der Waals surface area contributed by atoms with E-state index in [4.69, 9.17) is 4.74 Å². The molecule has 1 aromatic heterocycles. The molecule has 90 valence electrons. The molecule has 0 unspecified atom stereocenters. The largest absolute Gasteiger partial charge is 0.437 e. The molecule has 0 atom stereocenters. The molecule has 3 heterocycles. The molecule has 0 radical (unpaired) electrons. The summed E-state index contributed by atoms with van der Waals surface area (Å²) in [6.45, 7) is 1.73. The van der Waals surface area contributed by atoms with Gasteiger partial charge in [-0.1, -0.05) is 0 Å². The van der Waals surface area contributed by atoms with Gasteiger partial charge in [0.25, 0.3) is 0 Å². The van der Waals surface area contributed by atoms with Gasteiger partial charge in [-0.2, -0.15) is 0 Å². The maximum atomic E-state index is 11.9. The molecule has 1 amide bonds. The van der Waals surface area contributed by atoms with Crippen LogP contribution in [-0.4, -0.2) is 31.2 Å². The van der Waals surface area contributed by atoms with Crippen molar-refractivity contribution in [2.75, 3.05) is 25.0 Å². The minimum Gasteiger partial charge on any atom is -0.437 e. The van der Waals surface area contributed by atoms with Gasteiger partial charge in [0, 0.05) is 31.6 Å². The third kappa shape index (κ3) is 1.50. The molecule has 0 aromatic carbocycles. The fraction of sp³-hybridized carbons (Fsp3) is 0.500. The van der Waals surface area contributed by atoms with E-state index in [1.807, 2.05) is 12.1 Å². The van der Waals surface area contributed by atoms with Crippen LogP contribution in [0.2, 0.25) is 0 Å². The Hall–Kier alpha value is -1.62. The lowest BCUT2D eigenvalue weighted by molar-refractivity contribution is -0.0175. The van der Waals surface area contributed by atoms with Crippen molar-refractivity contribution in [2.45, 2.75) is 18.4 Å². The Bertz CT molecular complexity index is 455. The lowest BCUT2D eigenvalue weighted by atomic mass is 9.84. The van der Waals surface area contributed by atoms with E-state index in [2.05, 4.69) is 10.3 Å². The van der Waals surface area contributed by atoms with Crippen LogP contribution in [0.4, 0.5) is 10.6 Å². The van der Waals surface area contributed by atoms with E-state index in [0.717, 1.165) is 37.3 Å². The second kappa shape index (κ2) is 3.70. The number of carbonyl (C=O) groups excluding carboxylic acids is 1. The Balaban J connectivity index is 2.12. The van der Waals surface area contributed by atoms with Crippen LogP contribution in [0.3, 0.4) is 0 Å². The highest BCUT2D eigenvalue weighted by Gasteiger charge is 2.45. The number of nitrogens with one attached hydrogen (secondary N) is 1. The summed E-state index contributed by atoms with van der Waals surface area (Å²) in [6, 6.07) is 3.91. The molecular weight excluding hydrogens is 218 g/mol. The molecule has 2 aliphatic rings. The number of nitrogens with zero attached hydrogens (tertiary/aromatic N) is 2. The first-order chi connectivity index (χ1) is 8.23. The van der Waals surface area contributed by atoms with Gasteiger partial charge in [0.15, 0.2) is 0 Å².